The third-order valence-electron chi connectivity index (χ3n) is 4.40. The summed E-state index contributed by atoms with van der Waals surface area (Å²) in [6, 6.07) is 7.35. The zero-order valence-electron chi connectivity index (χ0n) is 15.6. The van der Waals surface area contributed by atoms with Gasteiger partial charge in [-0.05, 0) is 64.8 Å². The highest BCUT2D eigenvalue weighted by atomic mass is 16.2. The summed E-state index contributed by atoms with van der Waals surface area (Å²) in [5.41, 5.74) is 1.17. The summed E-state index contributed by atoms with van der Waals surface area (Å²) in [5, 5.41) is 8.53. The second-order valence-corrected chi connectivity index (χ2v) is 7.29. The van der Waals surface area contributed by atoms with Crippen LogP contribution < -0.4 is 16.0 Å². The van der Waals surface area contributed by atoms with Crippen LogP contribution in [0.2, 0.25) is 0 Å². The van der Waals surface area contributed by atoms with Crippen molar-refractivity contribution in [1.29, 1.82) is 0 Å². The summed E-state index contributed by atoms with van der Waals surface area (Å²) in [4.78, 5) is 26.6. The molecule has 0 unspecified atom stereocenters. The third kappa shape index (κ3) is 6.05. The topological polar surface area (TPSA) is 73.5 Å². The molecule has 0 aliphatic carbocycles. The lowest BCUT2D eigenvalue weighted by Gasteiger charge is -2.20. The van der Waals surface area contributed by atoms with E-state index in [4.69, 9.17) is 0 Å². The molecular formula is C19H30N4O2. The molecule has 2 rings (SSSR count). The fraction of sp³-hybridized carbons (Fsp3) is 0.579. The lowest BCUT2D eigenvalue weighted by Crippen LogP contribution is -2.34. The van der Waals surface area contributed by atoms with E-state index < -0.39 is 0 Å². The maximum absolute atomic E-state index is 12.4. The van der Waals surface area contributed by atoms with E-state index in [0.29, 0.717) is 29.8 Å². The summed E-state index contributed by atoms with van der Waals surface area (Å²) >= 11 is 0. The van der Waals surface area contributed by atoms with Crippen LogP contribution in [0.4, 0.5) is 10.5 Å². The van der Waals surface area contributed by atoms with Gasteiger partial charge in [-0.15, -0.1) is 0 Å². The molecule has 1 fully saturated rings. The molecule has 138 valence electrons. The fourth-order valence-corrected chi connectivity index (χ4v) is 3.00. The Morgan fingerprint density at radius 2 is 2.00 bits per heavy atom. The molecule has 1 aliphatic rings. The Kier molecular flexibility index (Phi) is 6.82. The first kappa shape index (κ1) is 19.2. The van der Waals surface area contributed by atoms with Crippen LogP contribution in [0, 0.1) is 5.92 Å². The highest BCUT2D eigenvalue weighted by Crippen LogP contribution is 2.18. The molecule has 6 heteroatoms. The van der Waals surface area contributed by atoms with Crippen molar-refractivity contribution in [2.24, 2.45) is 5.92 Å². The van der Waals surface area contributed by atoms with Crippen LogP contribution in [0.15, 0.2) is 24.3 Å². The number of anilines is 1. The molecular weight excluding hydrogens is 316 g/mol. The van der Waals surface area contributed by atoms with Crippen molar-refractivity contribution in [2.75, 3.05) is 25.0 Å². The second kappa shape index (κ2) is 8.85. The lowest BCUT2D eigenvalue weighted by atomic mass is 10.1. The van der Waals surface area contributed by atoms with Gasteiger partial charge in [0.15, 0.2) is 0 Å². The van der Waals surface area contributed by atoms with Crippen LogP contribution >= 0.6 is 0 Å². The fourth-order valence-electron chi connectivity index (χ4n) is 3.00. The van der Waals surface area contributed by atoms with Gasteiger partial charge in [-0.25, -0.2) is 4.79 Å². The minimum Gasteiger partial charge on any atom is -0.352 e. The molecule has 25 heavy (non-hydrogen) atoms. The van der Waals surface area contributed by atoms with Gasteiger partial charge in [0.1, 0.15) is 0 Å². The molecule has 0 saturated carbocycles. The minimum absolute atomic E-state index is 0.0586. The molecule has 0 spiro atoms. The lowest BCUT2D eigenvalue weighted by molar-refractivity contribution is 0.0947. The first-order chi connectivity index (χ1) is 11.8. The summed E-state index contributed by atoms with van der Waals surface area (Å²) in [6.45, 7) is 11.0. The number of nitrogens with one attached hydrogen (secondary N) is 3. The number of hydrogen-bond acceptors (Lipinski definition) is 3. The number of carbonyl (C=O) groups excluding carboxylic acids is 2. The van der Waals surface area contributed by atoms with Crippen molar-refractivity contribution in [2.45, 2.75) is 46.2 Å². The predicted molar refractivity (Wildman–Crippen MR) is 101 cm³/mol. The molecule has 3 N–H and O–H groups in total. The molecule has 1 saturated heterocycles. The summed E-state index contributed by atoms with van der Waals surface area (Å²) < 4.78 is 0. The number of rotatable bonds is 6. The number of likely N-dealkylation sites (tertiary alicyclic amines) is 1. The minimum atomic E-state index is -0.271. The summed E-state index contributed by atoms with van der Waals surface area (Å²) in [5.74, 6) is 0.403. The maximum Gasteiger partial charge on any atom is 0.319 e. The molecule has 1 aromatic carbocycles. The number of amides is 3. The number of hydrogen-bond donors (Lipinski definition) is 3. The van der Waals surface area contributed by atoms with E-state index in [1.807, 2.05) is 13.8 Å². The van der Waals surface area contributed by atoms with E-state index in [1.54, 1.807) is 24.3 Å². The van der Waals surface area contributed by atoms with Gasteiger partial charge in [0.2, 0.25) is 0 Å². The van der Waals surface area contributed by atoms with Crippen molar-refractivity contribution in [3.63, 3.8) is 0 Å². The number of urea groups is 1. The van der Waals surface area contributed by atoms with E-state index in [2.05, 4.69) is 34.7 Å². The SMILES string of the molecule is CC(C)NC(=O)Nc1cccc(C(=O)NC[C@H]2CCN(C(C)C)C2)c1. The molecule has 0 radical (unpaired) electrons. The van der Waals surface area contributed by atoms with Gasteiger partial charge >= 0.3 is 6.03 Å². The molecule has 1 heterocycles. The smallest absolute Gasteiger partial charge is 0.319 e. The Labute approximate surface area is 150 Å². The first-order valence-electron chi connectivity index (χ1n) is 9.05. The third-order valence-corrected chi connectivity index (χ3v) is 4.40. The average molecular weight is 346 g/mol. The van der Waals surface area contributed by atoms with Crippen molar-refractivity contribution in [1.82, 2.24) is 15.5 Å². The van der Waals surface area contributed by atoms with Crippen LogP contribution in [0.3, 0.4) is 0 Å². The van der Waals surface area contributed by atoms with Gasteiger partial charge in [0, 0.05) is 36.4 Å². The molecule has 1 aromatic rings. The van der Waals surface area contributed by atoms with Crippen molar-refractivity contribution in [3.8, 4) is 0 Å². The highest BCUT2D eigenvalue weighted by molar-refractivity contribution is 5.96. The summed E-state index contributed by atoms with van der Waals surface area (Å²) in [7, 11) is 0. The normalized spacial score (nSPS) is 17.8. The monoisotopic (exact) mass is 346 g/mol. The van der Waals surface area contributed by atoms with Gasteiger partial charge < -0.3 is 20.9 Å². The molecule has 6 nitrogen and oxygen atoms in total. The Bertz CT molecular complexity index is 601. The van der Waals surface area contributed by atoms with Crippen molar-refractivity contribution in [3.05, 3.63) is 29.8 Å². The highest BCUT2D eigenvalue weighted by Gasteiger charge is 2.24. The van der Waals surface area contributed by atoms with E-state index in [-0.39, 0.29) is 18.0 Å². The van der Waals surface area contributed by atoms with Crippen LogP contribution in [0.25, 0.3) is 0 Å². The van der Waals surface area contributed by atoms with Gasteiger partial charge in [-0.3, -0.25) is 4.79 Å². The van der Waals surface area contributed by atoms with Crippen molar-refractivity contribution < 1.29 is 9.59 Å². The van der Waals surface area contributed by atoms with Gasteiger partial charge in [0.05, 0.1) is 0 Å². The van der Waals surface area contributed by atoms with Gasteiger partial charge in [0.25, 0.3) is 5.91 Å². The van der Waals surface area contributed by atoms with Crippen LogP contribution in [0.5, 0.6) is 0 Å². The first-order valence-corrected chi connectivity index (χ1v) is 9.05. The maximum atomic E-state index is 12.4. The Morgan fingerprint density at radius 1 is 1.24 bits per heavy atom. The standard InChI is InChI=1S/C19H30N4O2/c1-13(2)21-19(25)22-17-7-5-6-16(10-17)18(24)20-11-15-8-9-23(12-15)14(3)4/h5-7,10,13-15H,8-9,11-12H2,1-4H3,(H,20,24)(H2,21,22,25)/t15-/m1/s1. The molecule has 0 bridgehead atoms. The summed E-state index contributed by atoms with van der Waals surface area (Å²) in [6.07, 6.45) is 1.12. The zero-order valence-corrected chi connectivity index (χ0v) is 15.6. The van der Waals surface area contributed by atoms with E-state index in [9.17, 15) is 9.59 Å². The number of benzene rings is 1. The quantitative estimate of drug-likeness (QED) is 0.741. The number of nitrogens with zero attached hydrogens (tertiary/aromatic N) is 1. The van der Waals surface area contributed by atoms with E-state index in [1.165, 1.54) is 0 Å². The largest absolute Gasteiger partial charge is 0.352 e. The average Bonchev–Trinajstić information content (AvgIpc) is 3.01. The molecule has 1 aliphatic heterocycles. The predicted octanol–water partition coefficient (Wildman–Crippen LogP) is 2.68. The van der Waals surface area contributed by atoms with Gasteiger partial charge in [-0.2, -0.15) is 0 Å². The van der Waals surface area contributed by atoms with Crippen molar-refractivity contribution >= 4 is 17.6 Å². The zero-order chi connectivity index (χ0) is 18.4. The Balaban J connectivity index is 1.85. The van der Waals surface area contributed by atoms with E-state index in [0.717, 1.165) is 19.5 Å². The number of carbonyl (C=O) groups is 2. The van der Waals surface area contributed by atoms with E-state index >= 15 is 0 Å². The molecule has 3 amide bonds. The second-order valence-electron chi connectivity index (χ2n) is 7.29. The molecule has 1 atom stereocenters. The Hall–Kier alpha value is -2.08. The van der Waals surface area contributed by atoms with Gasteiger partial charge in [-0.1, -0.05) is 6.07 Å². The Morgan fingerprint density at radius 3 is 2.64 bits per heavy atom. The van der Waals surface area contributed by atoms with Crippen LogP contribution in [0.1, 0.15) is 44.5 Å². The molecule has 0 aromatic heterocycles. The van der Waals surface area contributed by atoms with Crippen LogP contribution in [-0.2, 0) is 0 Å². The van der Waals surface area contributed by atoms with Crippen LogP contribution in [-0.4, -0.2) is 48.6 Å².